The zero-order valence-electron chi connectivity index (χ0n) is 11.6. The van der Waals surface area contributed by atoms with Gasteiger partial charge in [0, 0.05) is 34.3 Å². The van der Waals surface area contributed by atoms with Crippen molar-refractivity contribution in [3.63, 3.8) is 0 Å². The summed E-state index contributed by atoms with van der Waals surface area (Å²) in [6.07, 6.45) is 5.24. The molecule has 0 aliphatic carbocycles. The van der Waals surface area contributed by atoms with E-state index in [0.29, 0.717) is 12.1 Å². The third kappa shape index (κ3) is 3.51. The van der Waals surface area contributed by atoms with Crippen LogP contribution >= 0.6 is 22.6 Å². The fourth-order valence-electron chi connectivity index (χ4n) is 2.01. The van der Waals surface area contributed by atoms with Crippen LogP contribution in [0.4, 0.5) is 0 Å². The first kappa shape index (κ1) is 14.7. The van der Waals surface area contributed by atoms with E-state index in [1.165, 1.54) is 0 Å². The summed E-state index contributed by atoms with van der Waals surface area (Å²) in [5.74, 6) is 0.641. The minimum Gasteiger partial charge on any atom is -0.348 e. The number of hydrogen-bond donors (Lipinski definition) is 1. The molecule has 2 aromatic heterocycles. The van der Waals surface area contributed by atoms with Crippen LogP contribution in [0, 0.1) is 3.57 Å². The first-order chi connectivity index (χ1) is 10.7. The number of aromatic nitrogens is 3. The van der Waals surface area contributed by atoms with E-state index in [4.69, 9.17) is 0 Å². The molecule has 0 bridgehead atoms. The summed E-state index contributed by atoms with van der Waals surface area (Å²) < 4.78 is 2.72. The van der Waals surface area contributed by atoms with Gasteiger partial charge in [-0.15, -0.1) is 0 Å². The Morgan fingerprint density at radius 2 is 2.09 bits per heavy atom. The topological polar surface area (TPSA) is 59.8 Å². The highest BCUT2D eigenvalue weighted by Crippen LogP contribution is 2.09. The molecular weight excluding hydrogens is 391 g/mol. The molecule has 0 atom stereocenters. The van der Waals surface area contributed by atoms with Crippen molar-refractivity contribution in [1.82, 2.24) is 20.1 Å². The maximum atomic E-state index is 12.1. The first-order valence-electron chi connectivity index (χ1n) is 6.71. The number of halogens is 1. The lowest BCUT2D eigenvalue weighted by molar-refractivity contribution is 0.0951. The summed E-state index contributed by atoms with van der Waals surface area (Å²) >= 11 is 2.19. The third-order valence-electron chi connectivity index (χ3n) is 3.09. The quantitative estimate of drug-likeness (QED) is 0.681. The van der Waals surface area contributed by atoms with Crippen molar-refractivity contribution in [2.45, 2.75) is 6.54 Å². The Labute approximate surface area is 141 Å². The van der Waals surface area contributed by atoms with Crippen molar-refractivity contribution in [2.75, 3.05) is 0 Å². The minimum absolute atomic E-state index is 0.0871. The number of nitrogens with one attached hydrogen (secondary N) is 1. The highest BCUT2D eigenvalue weighted by atomic mass is 127. The van der Waals surface area contributed by atoms with Crippen LogP contribution in [0.2, 0.25) is 0 Å². The number of amides is 1. The fraction of sp³-hybridized carbons (Fsp3) is 0.0625. The highest BCUT2D eigenvalue weighted by molar-refractivity contribution is 14.1. The van der Waals surface area contributed by atoms with Gasteiger partial charge in [-0.2, -0.15) is 5.10 Å². The molecule has 2 heterocycles. The van der Waals surface area contributed by atoms with Gasteiger partial charge in [0.1, 0.15) is 0 Å². The van der Waals surface area contributed by atoms with Crippen LogP contribution in [-0.2, 0) is 6.54 Å². The maximum absolute atomic E-state index is 12.1. The second kappa shape index (κ2) is 6.69. The second-order valence-electron chi connectivity index (χ2n) is 4.67. The second-order valence-corrected chi connectivity index (χ2v) is 5.91. The van der Waals surface area contributed by atoms with Crippen molar-refractivity contribution in [3.05, 3.63) is 75.8 Å². The van der Waals surface area contributed by atoms with Crippen molar-refractivity contribution in [1.29, 1.82) is 0 Å². The minimum atomic E-state index is -0.0871. The molecule has 0 saturated carbocycles. The molecule has 0 saturated heterocycles. The average Bonchev–Trinajstić information content (AvgIpc) is 3.07. The predicted octanol–water partition coefficient (Wildman–Crippen LogP) is 2.80. The summed E-state index contributed by atoms with van der Waals surface area (Å²) in [5.41, 5.74) is 1.63. The van der Waals surface area contributed by atoms with Crippen molar-refractivity contribution >= 4 is 28.5 Å². The molecule has 0 unspecified atom stereocenters. The number of rotatable bonds is 4. The molecule has 1 amide bonds. The molecule has 3 rings (SSSR count). The van der Waals surface area contributed by atoms with Crippen molar-refractivity contribution in [3.8, 4) is 5.82 Å². The van der Waals surface area contributed by atoms with Gasteiger partial charge >= 0.3 is 0 Å². The number of nitrogens with zero attached hydrogens (tertiary/aromatic N) is 3. The zero-order chi connectivity index (χ0) is 15.4. The van der Waals surface area contributed by atoms with Crippen LogP contribution in [0.5, 0.6) is 0 Å². The van der Waals surface area contributed by atoms with E-state index < -0.39 is 0 Å². The largest absolute Gasteiger partial charge is 0.348 e. The molecule has 0 spiro atoms. The van der Waals surface area contributed by atoms with Gasteiger partial charge in [0.2, 0.25) is 0 Å². The molecule has 3 aromatic rings. The summed E-state index contributed by atoms with van der Waals surface area (Å²) in [7, 11) is 0. The Morgan fingerprint density at radius 3 is 2.86 bits per heavy atom. The molecule has 110 valence electrons. The predicted molar refractivity (Wildman–Crippen MR) is 91.7 cm³/mol. The maximum Gasteiger partial charge on any atom is 0.251 e. The first-order valence-corrected chi connectivity index (χ1v) is 7.79. The van der Waals surface area contributed by atoms with E-state index in [0.717, 1.165) is 15.0 Å². The van der Waals surface area contributed by atoms with Gasteiger partial charge in [0.05, 0.1) is 0 Å². The Balaban J connectivity index is 1.69. The van der Waals surface area contributed by atoms with Gasteiger partial charge in [-0.1, -0.05) is 6.07 Å². The zero-order valence-corrected chi connectivity index (χ0v) is 13.8. The van der Waals surface area contributed by atoms with Gasteiger partial charge in [-0.3, -0.25) is 4.79 Å². The normalized spacial score (nSPS) is 10.4. The van der Waals surface area contributed by atoms with E-state index >= 15 is 0 Å². The van der Waals surface area contributed by atoms with Crippen LogP contribution in [0.1, 0.15) is 15.9 Å². The van der Waals surface area contributed by atoms with E-state index in [9.17, 15) is 4.79 Å². The lowest BCUT2D eigenvalue weighted by Crippen LogP contribution is -2.23. The summed E-state index contributed by atoms with van der Waals surface area (Å²) in [6.45, 7) is 0.446. The summed E-state index contributed by atoms with van der Waals surface area (Å²) in [6, 6.07) is 13.1. The smallest absolute Gasteiger partial charge is 0.251 e. The third-order valence-corrected chi connectivity index (χ3v) is 3.76. The Kier molecular flexibility index (Phi) is 4.47. The van der Waals surface area contributed by atoms with Gasteiger partial charge in [-0.25, -0.2) is 9.67 Å². The Morgan fingerprint density at radius 1 is 1.18 bits per heavy atom. The molecule has 22 heavy (non-hydrogen) atoms. The highest BCUT2D eigenvalue weighted by Gasteiger charge is 2.06. The Bertz CT molecular complexity index is 786. The molecular formula is C16H13IN4O. The SMILES string of the molecule is O=C(NCc1ccnc(-n2cccn2)c1)c1cccc(I)c1. The van der Waals surface area contributed by atoms with Gasteiger partial charge in [-0.05, 0) is 64.6 Å². The molecule has 0 aliphatic rings. The van der Waals surface area contributed by atoms with Crippen molar-refractivity contribution < 1.29 is 4.79 Å². The van der Waals surface area contributed by atoms with Gasteiger partial charge < -0.3 is 5.32 Å². The molecule has 6 heteroatoms. The molecule has 5 nitrogen and oxygen atoms in total. The summed E-state index contributed by atoms with van der Waals surface area (Å²) in [5, 5.41) is 7.06. The number of benzene rings is 1. The Hall–Kier alpha value is -2.22. The van der Waals surface area contributed by atoms with Gasteiger partial charge in [0.25, 0.3) is 5.91 Å². The molecule has 0 aliphatic heterocycles. The fourth-order valence-corrected chi connectivity index (χ4v) is 2.56. The lowest BCUT2D eigenvalue weighted by Gasteiger charge is -2.07. The number of hydrogen-bond acceptors (Lipinski definition) is 3. The van der Waals surface area contributed by atoms with Crippen LogP contribution in [0.15, 0.2) is 61.1 Å². The number of carbonyl (C=O) groups excluding carboxylic acids is 1. The van der Waals surface area contributed by atoms with E-state index in [2.05, 4.69) is 38.0 Å². The standard InChI is InChI=1S/C16H13IN4O/c17-14-4-1-3-13(10-14)16(22)19-11-12-5-7-18-15(9-12)21-8-2-6-20-21/h1-10H,11H2,(H,19,22). The monoisotopic (exact) mass is 404 g/mol. The van der Waals surface area contributed by atoms with E-state index in [1.807, 2.05) is 42.6 Å². The molecule has 0 fully saturated rings. The lowest BCUT2D eigenvalue weighted by atomic mass is 10.2. The average molecular weight is 404 g/mol. The molecule has 1 aromatic carbocycles. The van der Waals surface area contributed by atoms with E-state index in [1.54, 1.807) is 23.1 Å². The molecule has 1 N–H and O–H groups in total. The van der Waals surface area contributed by atoms with Crippen molar-refractivity contribution in [2.24, 2.45) is 0 Å². The van der Waals surface area contributed by atoms with E-state index in [-0.39, 0.29) is 5.91 Å². The van der Waals surface area contributed by atoms with Crippen LogP contribution in [0.3, 0.4) is 0 Å². The van der Waals surface area contributed by atoms with Crippen LogP contribution in [0.25, 0.3) is 5.82 Å². The van der Waals surface area contributed by atoms with Crippen LogP contribution < -0.4 is 5.32 Å². The number of pyridine rings is 1. The number of carbonyl (C=O) groups is 1. The summed E-state index contributed by atoms with van der Waals surface area (Å²) in [4.78, 5) is 16.4. The van der Waals surface area contributed by atoms with Gasteiger partial charge in [0.15, 0.2) is 5.82 Å². The molecule has 0 radical (unpaired) electrons. The van der Waals surface area contributed by atoms with Crippen LogP contribution in [-0.4, -0.2) is 20.7 Å².